The van der Waals surface area contributed by atoms with E-state index in [0.717, 1.165) is 24.6 Å². The van der Waals surface area contributed by atoms with Crippen LogP contribution in [0, 0.1) is 0 Å². The molecule has 0 spiro atoms. The fourth-order valence-electron chi connectivity index (χ4n) is 2.80. The van der Waals surface area contributed by atoms with Crippen molar-refractivity contribution >= 4 is 21.5 Å². The molecule has 1 aromatic carbocycles. The molecule has 2 aliphatic carbocycles. The Morgan fingerprint density at radius 2 is 2.06 bits per heavy atom. The maximum Gasteiger partial charge on any atom is 0.00721 e. The highest BCUT2D eigenvalue weighted by Crippen LogP contribution is 2.39. The van der Waals surface area contributed by atoms with Crippen molar-refractivity contribution in [3.63, 3.8) is 0 Å². The molecule has 2 aliphatic rings. The topological polar surface area (TPSA) is 0 Å². The summed E-state index contributed by atoms with van der Waals surface area (Å²) in [4.78, 5) is 0. The van der Waals surface area contributed by atoms with Crippen molar-refractivity contribution in [3.8, 4) is 0 Å². The molecule has 1 aromatic rings. The highest BCUT2D eigenvalue weighted by atomic mass is 79.9. The Balaban J connectivity index is 2.17. The lowest BCUT2D eigenvalue weighted by Gasteiger charge is -2.26. The van der Waals surface area contributed by atoms with E-state index in [0.29, 0.717) is 0 Å². The van der Waals surface area contributed by atoms with E-state index in [1.807, 2.05) is 0 Å². The van der Waals surface area contributed by atoms with E-state index in [9.17, 15) is 0 Å². The number of hydrogen-bond acceptors (Lipinski definition) is 0. The first-order valence-corrected chi connectivity index (χ1v) is 7.24. The molecular formula is C16H15Br. The maximum atomic E-state index is 3.58. The monoisotopic (exact) mass is 286 g/mol. The molecule has 86 valence electrons. The number of fused-ring (bicyclic) bond motifs is 2. The van der Waals surface area contributed by atoms with E-state index in [1.54, 1.807) is 11.1 Å². The van der Waals surface area contributed by atoms with Gasteiger partial charge in [-0.25, -0.2) is 0 Å². The summed E-state index contributed by atoms with van der Waals surface area (Å²) in [7, 11) is 0. The number of rotatable bonds is 2. The SMILES string of the molecule is BrCCC1=C2CC=CC=C2Cc2ccccc21. The lowest BCUT2D eigenvalue weighted by Crippen LogP contribution is -2.09. The van der Waals surface area contributed by atoms with Gasteiger partial charge in [0.05, 0.1) is 0 Å². The summed E-state index contributed by atoms with van der Waals surface area (Å²) < 4.78 is 0. The molecule has 1 heteroatoms. The van der Waals surface area contributed by atoms with Gasteiger partial charge in [-0.2, -0.15) is 0 Å². The standard InChI is InChI=1S/C16H15Br/c17-10-9-16-14-7-3-1-5-12(14)11-13-6-2-4-8-15(13)16/h1-7H,8-11H2. The minimum absolute atomic E-state index is 1.04. The molecular weight excluding hydrogens is 272 g/mol. The first-order valence-electron chi connectivity index (χ1n) is 6.12. The summed E-state index contributed by atoms with van der Waals surface area (Å²) in [6.45, 7) is 0. The van der Waals surface area contributed by atoms with E-state index >= 15 is 0 Å². The third-order valence-corrected chi connectivity index (χ3v) is 3.97. The second-order valence-electron chi connectivity index (χ2n) is 4.55. The summed E-state index contributed by atoms with van der Waals surface area (Å²) in [5.41, 5.74) is 7.57. The Morgan fingerprint density at radius 1 is 1.18 bits per heavy atom. The third-order valence-electron chi connectivity index (χ3n) is 3.58. The number of hydrogen-bond donors (Lipinski definition) is 0. The molecule has 3 rings (SSSR count). The molecule has 0 heterocycles. The fraction of sp³-hybridized carbons (Fsp3) is 0.250. The Hall–Kier alpha value is -1.08. The summed E-state index contributed by atoms with van der Waals surface area (Å²) in [5, 5.41) is 1.04. The highest BCUT2D eigenvalue weighted by Gasteiger charge is 2.21. The molecule has 0 unspecified atom stereocenters. The van der Waals surface area contributed by atoms with E-state index in [1.165, 1.54) is 16.7 Å². The Bertz CT molecular complexity index is 532. The summed E-state index contributed by atoms with van der Waals surface area (Å²) in [6.07, 6.45) is 10.1. The number of halogens is 1. The zero-order chi connectivity index (χ0) is 11.7. The van der Waals surface area contributed by atoms with Crippen LogP contribution >= 0.6 is 15.9 Å². The number of allylic oxidation sites excluding steroid dienone is 6. The quantitative estimate of drug-likeness (QED) is 0.693. The molecule has 0 saturated heterocycles. The molecule has 0 bridgehead atoms. The molecule has 0 fully saturated rings. The van der Waals surface area contributed by atoms with Crippen LogP contribution in [0.15, 0.2) is 53.6 Å². The molecule has 0 radical (unpaired) electrons. The number of alkyl halides is 1. The van der Waals surface area contributed by atoms with E-state index < -0.39 is 0 Å². The van der Waals surface area contributed by atoms with Crippen LogP contribution in [0.1, 0.15) is 24.0 Å². The van der Waals surface area contributed by atoms with Gasteiger partial charge in [-0.15, -0.1) is 0 Å². The molecule has 0 saturated carbocycles. The summed E-state index contributed by atoms with van der Waals surface area (Å²) >= 11 is 3.58. The van der Waals surface area contributed by atoms with E-state index in [4.69, 9.17) is 0 Å². The fourth-order valence-corrected chi connectivity index (χ4v) is 3.20. The minimum Gasteiger partial charge on any atom is -0.0924 e. The molecule has 0 amide bonds. The lowest BCUT2D eigenvalue weighted by atomic mass is 9.78. The molecule has 0 aliphatic heterocycles. The van der Waals surface area contributed by atoms with Crippen LogP contribution in [-0.4, -0.2) is 5.33 Å². The molecule has 0 N–H and O–H groups in total. The number of benzene rings is 1. The van der Waals surface area contributed by atoms with Crippen molar-refractivity contribution < 1.29 is 0 Å². The average molecular weight is 287 g/mol. The molecule has 0 atom stereocenters. The molecule has 0 nitrogen and oxygen atoms in total. The molecule has 0 aromatic heterocycles. The van der Waals surface area contributed by atoms with Gasteiger partial charge in [-0.05, 0) is 47.1 Å². The van der Waals surface area contributed by atoms with Crippen molar-refractivity contribution in [2.75, 3.05) is 5.33 Å². The van der Waals surface area contributed by atoms with Gasteiger partial charge in [-0.3, -0.25) is 0 Å². The van der Waals surface area contributed by atoms with Gasteiger partial charge in [0.2, 0.25) is 0 Å². The zero-order valence-electron chi connectivity index (χ0n) is 9.75. The maximum absolute atomic E-state index is 3.58. The third kappa shape index (κ3) is 1.93. The second kappa shape index (κ2) is 4.66. The minimum atomic E-state index is 1.04. The largest absolute Gasteiger partial charge is 0.0924 e. The lowest BCUT2D eigenvalue weighted by molar-refractivity contribution is 1.03. The van der Waals surface area contributed by atoms with Crippen LogP contribution in [0.5, 0.6) is 0 Å². The summed E-state index contributed by atoms with van der Waals surface area (Å²) in [5.74, 6) is 0. The van der Waals surface area contributed by atoms with Crippen LogP contribution in [0.4, 0.5) is 0 Å². The van der Waals surface area contributed by atoms with Crippen molar-refractivity contribution in [1.82, 2.24) is 0 Å². The van der Waals surface area contributed by atoms with Gasteiger partial charge in [0, 0.05) is 5.33 Å². The Kier molecular flexibility index (Phi) is 3.02. The van der Waals surface area contributed by atoms with E-state index in [2.05, 4.69) is 58.4 Å². The smallest absolute Gasteiger partial charge is 0.00721 e. The Labute approximate surface area is 111 Å². The van der Waals surface area contributed by atoms with Crippen molar-refractivity contribution in [1.29, 1.82) is 0 Å². The molecule has 17 heavy (non-hydrogen) atoms. The predicted octanol–water partition coefficient (Wildman–Crippen LogP) is 4.67. The van der Waals surface area contributed by atoms with Crippen LogP contribution in [-0.2, 0) is 6.42 Å². The van der Waals surface area contributed by atoms with Gasteiger partial charge >= 0.3 is 0 Å². The average Bonchev–Trinajstić information content (AvgIpc) is 2.39. The van der Waals surface area contributed by atoms with Crippen LogP contribution in [0.2, 0.25) is 0 Å². The first kappa shape index (κ1) is 11.0. The van der Waals surface area contributed by atoms with Gasteiger partial charge in [0.1, 0.15) is 0 Å². The van der Waals surface area contributed by atoms with Crippen molar-refractivity contribution in [3.05, 3.63) is 64.8 Å². The van der Waals surface area contributed by atoms with E-state index in [-0.39, 0.29) is 0 Å². The zero-order valence-corrected chi connectivity index (χ0v) is 11.3. The summed E-state index contributed by atoms with van der Waals surface area (Å²) in [6, 6.07) is 8.84. The predicted molar refractivity (Wildman–Crippen MR) is 77.3 cm³/mol. The first-order chi connectivity index (χ1) is 8.40. The van der Waals surface area contributed by atoms with Crippen LogP contribution in [0.3, 0.4) is 0 Å². The van der Waals surface area contributed by atoms with Crippen LogP contribution in [0.25, 0.3) is 5.57 Å². The van der Waals surface area contributed by atoms with Gasteiger partial charge < -0.3 is 0 Å². The van der Waals surface area contributed by atoms with Gasteiger partial charge in [0.25, 0.3) is 0 Å². The second-order valence-corrected chi connectivity index (χ2v) is 5.35. The highest BCUT2D eigenvalue weighted by molar-refractivity contribution is 9.09. The van der Waals surface area contributed by atoms with Crippen molar-refractivity contribution in [2.45, 2.75) is 19.3 Å². The Morgan fingerprint density at radius 3 is 2.94 bits per heavy atom. The van der Waals surface area contributed by atoms with Crippen LogP contribution < -0.4 is 0 Å². The van der Waals surface area contributed by atoms with Gasteiger partial charge in [-0.1, -0.05) is 58.4 Å². The van der Waals surface area contributed by atoms with Crippen molar-refractivity contribution in [2.24, 2.45) is 0 Å². The normalized spacial score (nSPS) is 17.6. The van der Waals surface area contributed by atoms with Gasteiger partial charge in [0.15, 0.2) is 0 Å².